The molecule has 0 amide bonds. The molecular formula is C21H26Cl2N4O. The zero-order valence-electron chi connectivity index (χ0n) is 15.9. The smallest absolute Gasteiger partial charge is 0.146 e. The molecule has 0 unspecified atom stereocenters. The number of nitrogen functional groups attached to an aromatic ring is 1. The fourth-order valence-electron chi connectivity index (χ4n) is 3.49. The Kier molecular flexibility index (Phi) is 7.61. The maximum atomic E-state index is 6.15. The summed E-state index contributed by atoms with van der Waals surface area (Å²) in [6.45, 7) is 2.42. The molecule has 0 aliphatic carbocycles. The Morgan fingerprint density at radius 3 is 2.61 bits per heavy atom. The van der Waals surface area contributed by atoms with Crippen molar-refractivity contribution in [3.63, 3.8) is 0 Å². The normalized spacial score (nSPS) is 12.5. The number of anilines is 2. The molecular weight excluding hydrogens is 395 g/mol. The third kappa shape index (κ3) is 4.72. The van der Waals surface area contributed by atoms with Gasteiger partial charge in [0.25, 0.3) is 0 Å². The highest BCUT2D eigenvalue weighted by Crippen LogP contribution is 2.32. The van der Waals surface area contributed by atoms with Crippen molar-refractivity contribution in [1.82, 2.24) is 9.55 Å². The van der Waals surface area contributed by atoms with E-state index in [1.54, 1.807) is 6.20 Å². The highest BCUT2D eigenvalue weighted by atomic mass is 35.5. The third-order valence-electron chi connectivity index (χ3n) is 4.97. The standard InChI is InChI=1S/C21H24N4O.2ClH/c1-24-13-11-23-21(24)15-26-17-9-7-16(8-10-17)14-25-12-3-4-18-19(22)5-2-6-20(18)25;;/h2,5-11,13H,3-4,12,14-15,22H2,1H3;2*1H. The van der Waals surface area contributed by atoms with E-state index in [0.29, 0.717) is 6.61 Å². The van der Waals surface area contributed by atoms with Gasteiger partial charge in [0, 0.05) is 43.9 Å². The summed E-state index contributed by atoms with van der Waals surface area (Å²) in [5.41, 5.74) is 10.9. The van der Waals surface area contributed by atoms with E-state index < -0.39 is 0 Å². The van der Waals surface area contributed by atoms with Gasteiger partial charge in [0.2, 0.25) is 0 Å². The number of rotatable bonds is 5. The van der Waals surface area contributed by atoms with Gasteiger partial charge in [-0.2, -0.15) is 0 Å². The van der Waals surface area contributed by atoms with Crippen LogP contribution in [0.3, 0.4) is 0 Å². The fraction of sp³-hybridized carbons (Fsp3) is 0.286. The van der Waals surface area contributed by atoms with E-state index in [9.17, 15) is 0 Å². The molecule has 0 radical (unpaired) electrons. The molecule has 2 heterocycles. The number of fused-ring (bicyclic) bond motifs is 1. The number of hydrogen-bond acceptors (Lipinski definition) is 4. The van der Waals surface area contributed by atoms with Crippen molar-refractivity contribution in [2.75, 3.05) is 17.2 Å². The summed E-state index contributed by atoms with van der Waals surface area (Å²) in [5.74, 6) is 1.77. The summed E-state index contributed by atoms with van der Waals surface area (Å²) in [6, 6.07) is 14.5. The second-order valence-electron chi connectivity index (χ2n) is 6.76. The zero-order valence-corrected chi connectivity index (χ0v) is 17.5. The largest absolute Gasteiger partial charge is 0.486 e. The maximum Gasteiger partial charge on any atom is 0.146 e. The second kappa shape index (κ2) is 9.71. The SMILES string of the molecule is Cl.Cl.Cn1ccnc1COc1ccc(CN2CCCc3c(N)cccc32)cc1. The van der Waals surface area contributed by atoms with Crippen molar-refractivity contribution in [3.8, 4) is 5.75 Å². The molecule has 150 valence electrons. The number of benzene rings is 2. The minimum Gasteiger partial charge on any atom is -0.486 e. The Morgan fingerprint density at radius 1 is 1.11 bits per heavy atom. The molecule has 2 aromatic carbocycles. The van der Waals surface area contributed by atoms with Crippen molar-refractivity contribution in [2.45, 2.75) is 26.0 Å². The number of aryl methyl sites for hydroxylation is 1. The van der Waals surface area contributed by atoms with E-state index in [0.717, 1.165) is 43.2 Å². The molecule has 7 heteroatoms. The van der Waals surface area contributed by atoms with Crippen molar-refractivity contribution >= 4 is 36.2 Å². The molecule has 0 atom stereocenters. The summed E-state index contributed by atoms with van der Waals surface area (Å²) in [4.78, 5) is 6.69. The van der Waals surface area contributed by atoms with E-state index in [4.69, 9.17) is 10.5 Å². The highest BCUT2D eigenvalue weighted by molar-refractivity contribution is 5.85. The van der Waals surface area contributed by atoms with Gasteiger partial charge in [-0.25, -0.2) is 4.98 Å². The average molecular weight is 421 g/mol. The van der Waals surface area contributed by atoms with Crippen LogP contribution in [0.25, 0.3) is 0 Å². The Balaban J connectivity index is 0.00000140. The number of hydrogen-bond donors (Lipinski definition) is 1. The molecule has 1 aromatic heterocycles. The number of nitrogens with two attached hydrogens (primary N) is 1. The number of nitrogens with zero attached hydrogens (tertiary/aromatic N) is 3. The lowest BCUT2D eigenvalue weighted by atomic mass is 9.99. The van der Waals surface area contributed by atoms with Crippen LogP contribution in [-0.2, 0) is 26.6 Å². The predicted octanol–water partition coefficient (Wildman–Crippen LogP) is 4.38. The van der Waals surface area contributed by atoms with Gasteiger partial charge >= 0.3 is 0 Å². The Morgan fingerprint density at radius 2 is 1.89 bits per heavy atom. The topological polar surface area (TPSA) is 56.3 Å². The van der Waals surface area contributed by atoms with E-state index >= 15 is 0 Å². The van der Waals surface area contributed by atoms with Crippen LogP contribution >= 0.6 is 24.8 Å². The van der Waals surface area contributed by atoms with E-state index in [1.807, 2.05) is 42.1 Å². The summed E-state index contributed by atoms with van der Waals surface area (Å²) in [6.07, 6.45) is 5.92. The van der Waals surface area contributed by atoms with Gasteiger partial charge in [0.1, 0.15) is 18.2 Å². The highest BCUT2D eigenvalue weighted by Gasteiger charge is 2.18. The molecule has 28 heavy (non-hydrogen) atoms. The summed E-state index contributed by atoms with van der Waals surface area (Å²) < 4.78 is 7.80. The third-order valence-corrected chi connectivity index (χ3v) is 4.97. The van der Waals surface area contributed by atoms with Crippen molar-refractivity contribution in [3.05, 3.63) is 71.8 Å². The van der Waals surface area contributed by atoms with Crippen molar-refractivity contribution < 1.29 is 4.74 Å². The molecule has 0 fully saturated rings. The first kappa shape index (κ1) is 21.9. The van der Waals surface area contributed by atoms with Gasteiger partial charge in [-0.15, -0.1) is 24.8 Å². The van der Waals surface area contributed by atoms with Crippen LogP contribution < -0.4 is 15.4 Å². The van der Waals surface area contributed by atoms with Gasteiger partial charge < -0.3 is 19.9 Å². The van der Waals surface area contributed by atoms with E-state index in [1.165, 1.54) is 16.8 Å². The van der Waals surface area contributed by atoms with Crippen molar-refractivity contribution in [1.29, 1.82) is 0 Å². The minimum atomic E-state index is 0. The average Bonchev–Trinajstić information content (AvgIpc) is 3.07. The van der Waals surface area contributed by atoms with Gasteiger partial charge in [-0.3, -0.25) is 0 Å². The minimum absolute atomic E-state index is 0. The van der Waals surface area contributed by atoms with Crippen LogP contribution in [0.15, 0.2) is 54.9 Å². The van der Waals surface area contributed by atoms with Crippen LogP contribution in [0.1, 0.15) is 23.4 Å². The van der Waals surface area contributed by atoms with E-state index in [-0.39, 0.29) is 24.8 Å². The fourth-order valence-corrected chi connectivity index (χ4v) is 3.49. The molecule has 0 bridgehead atoms. The summed E-state index contributed by atoms with van der Waals surface area (Å²) >= 11 is 0. The number of halogens is 2. The first-order valence-electron chi connectivity index (χ1n) is 9.01. The lowest BCUT2D eigenvalue weighted by Gasteiger charge is -2.32. The Hall–Kier alpha value is -2.37. The number of aromatic nitrogens is 2. The lowest BCUT2D eigenvalue weighted by molar-refractivity contribution is 0.291. The molecule has 1 aliphatic rings. The number of imidazole rings is 1. The van der Waals surface area contributed by atoms with Crippen LogP contribution in [0, 0.1) is 0 Å². The molecule has 5 nitrogen and oxygen atoms in total. The van der Waals surface area contributed by atoms with Gasteiger partial charge in [0.15, 0.2) is 0 Å². The Bertz CT molecular complexity index is 896. The second-order valence-corrected chi connectivity index (χ2v) is 6.76. The molecule has 0 spiro atoms. The van der Waals surface area contributed by atoms with E-state index in [2.05, 4.69) is 28.1 Å². The monoisotopic (exact) mass is 420 g/mol. The van der Waals surface area contributed by atoms with Crippen LogP contribution in [0.2, 0.25) is 0 Å². The summed E-state index contributed by atoms with van der Waals surface area (Å²) in [5, 5.41) is 0. The van der Waals surface area contributed by atoms with Gasteiger partial charge in [-0.05, 0) is 48.2 Å². The zero-order chi connectivity index (χ0) is 17.9. The van der Waals surface area contributed by atoms with Crippen LogP contribution in [0.4, 0.5) is 11.4 Å². The first-order valence-corrected chi connectivity index (χ1v) is 9.01. The first-order chi connectivity index (χ1) is 12.7. The van der Waals surface area contributed by atoms with Gasteiger partial charge in [-0.1, -0.05) is 18.2 Å². The molecule has 0 saturated carbocycles. The molecule has 4 rings (SSSR count). The maximum absolute atomic E-state index is 6.15. The number of ether oxygens (including phenoxy) is 1. The van der Waals surface area contributed by atoms with Crippen LogP contribution in [-0.4, -0.2) is 16.1 Å². The van der Waals surface area contributed by atoms with Gasteiger partial charge in [0.05, 0.1) is 0 Å². The predicted molar refractivity (Wildman–Crippen MR) is 119 cm³/mol. The summed E-state index contributed by atoms with van der Waals surface area (Å²) in [7, 11) is 1.97. The molecule has 0 saturated heterocycles. The molecule has 1 aliphatic heterocycles. The molecule has 2 N–H and O–H groups in total. The van der Waals surface area contributed by atoms with Crippen molar-refractivity contribution in [2.24, 2.45) is 7.05 Å². The lowest BCUT2D eigenvalue weighted by Crippen LogP contribution is -2.29. The van der Waals surface area contributed by atoms with Crippen LogP contribution in [0.5, 0.6) is 5.75 Å². The quantitative estimate of drug-likeness (QED) is 0.622. The molecule has 3 aromatic rings. The Labute approximate surface area is 178 Å².